The number of benzene rings is 3. The molecule has 5 heteroatoms. The van der Waals surface area contributed by atoms with Crippen LogP contribution in [-0.4, -0.2) is 9.97 Å². The molecule has 0 amide bonds. The molecule has 0 aliphatic heterocycles. The van der Waals surface area contributed by atoms with Crippen molar-refractivity contribution in [1.82, 2.24) is 9.97 Å². The van der Waals surface area contributed by atoms with Gasteiger partial charge in [0.1, 0.15) is 5.82 Å². The largest absolute Gasteiger partial charge is 0.340 e. The molecule has 0 aliphatic carbocycles. The quantitative estimate of drug-likeness (QED) is 0.434. The van der Waals surface area contributed by atoms with Gasteiger partial charge in [0.15, 0.2) is 0 Å². The molecule has 1 aromatic heterocycles. The third kappa shape index (κ3) is 3.86. The zero-order valence-electron chi connectivity index (χ0n) is 15.1. The SMILES string of the molecule is Cc1ccc(Nc2nc(Nc3cc(Cl)ccc3C)nc3ccccc23)cc1. The van der Waals surface area contributed by atoms with Gasteiger partial charge in [0.25, 0.3) is 0 Å². The Morgan fingerprint density at radius 2 is 1.59 bits per heavy atom. The molecular weight excluding hydrogens is 356 g/mol. The van der Waals surface area contributed by atoms with Crippen LogP contribution < -0.4 is 10.6 Å². The van der Waals surface area contributed by atoms with Crippen LogP contribution in [0.1, 0.15) is 11.1 Å². The predicted molar refractivity (Wildman–Crippen MR) is 113 cm³/mol. The second kappa shape index (κ2) is 7.25. The van der Waals surface area contributed by atoms with Gasteiger partial charge in [0, 0.05) is 21.8 Å². The lowest BCUT2D eigenvalue weighted by Crippen LogP contribution is -2.03. The van der Waals surface area contributed by atoms with Crippen LogP contribution in [0.3, 0.4) is 0 Å². The molecule has 134 valence electrons. The predicted octanol–water partition coefficient (Wildman–Crippen LogP) is 6.39. The van der Waals surface area contributed by atoms with Gasteiger partial charge in [-0.15, -0.1) is 0 Å². The van der Waals surface area contributed by atoms with Crippen LogP contribution in [0, 0.1) is 13.8 Å². The molecule has 0 unspecified atom stereocenters. The first-order valence-electron chi connectivity index (χ1n) is 8.72. The number of anilines is 4. The Bertz CT molecular complexity index is 1110. The standard InChI is InChI=1S/C22H19ClN4/c1-14-7-11-17(12-8-14)24-21-18-5-3-4-6-19(18)25-22(27-21)26-20-13-16(23)10-9-15(20)2/h3-13H,1-2H3,(H2,24,25,26,27). The maximum absolute atomic E-state index is 6.14. The van der Waals surface area contributed by atoms with Crippen LogP contribution >= 0.6 is 11.6 Å². The highest BCUT2D eigenvalue weighted by Crippen LogP contribution is 2.28. The number of nitrogens with one attached hydrogen (secondary N) is 2. The van der Waals surface area contributed by atoms with Crippen LogP contribution in [0.5, 0.6) is 0 Å². The molecule has 4 nitrogen and oxygen atoms in total. The van der Waals surface area contributed by atoms with E-state index in [0.29, 0.717) is 11.0 Å². The molecule has 0 bridgehead atoms. The van der Waals surface area contributed by atoms with Crippen LogP contribution in [0.25, 0.3) is 10.9 Å². The summed E-state index contributed by atoms with van der Waals surface area (Å²) in [5.74, 6) is 1.28. The van der Waals surface area contributed by atoms with Crippen molar-refractivity contribution >= 4 is 45.6 Å². The highest BCUT2D eigenvalue weighted by molar-refractivity contribution is 6.30. The molecule has 27 heavy (non-hydrogen) atoms. The van der Waals surface area contributed by atoms with Gasteiger partial charge in [-0.2, -0.15) is 4.98 Å². The normalized spacial score (nSPS) is 10.8. The number of hydrogen-bond acceptors (Lipinski definition) is 4. The Morgan fingerprint density at radius 1 is 0.815 bits per heavy atom. The van der Waals surface area contributed by atoms with Crippen LogP contribution in [0.4, 0.5) is 23.1 Å². The fraction of sp³-hybridized carbons (Fsp3) is 0.0909. The Morgan fingerprint density at radius 3 is 2.41 bits per heavy atom. The van der Waals surface area contributed by atoms with Crippen molar-refractivity contribution < 1.29 is 0 Å². The fourth-order valence-corrected chi connectivity index (χ4v) is 3.02. The maximum atomic E-state index is 6.14. The van der Waals surface area contributed by atoms with Gasteiger partial charge in [-0.25, -0.2) is 4.98 Å². The van der Waals surface area contributed by atoms with Gasteiger partial charge in [-0.05, 0) is 55.8 Å². The smallest absolute Gasteiger partial charge is 0.229 e. The Balaban J connectivity index is 1.76. The lowest BCUT2D eigenvalue weighted by molar-refractivity contribution is 1.20. The van der Waals surface area contributed by atoms with Gasteiger partial charge in [-0.3, -0.25) is 0 Å². The molecule has 0 atom stereocenters. The monoisotopic (exact) mass is 374 g/mol. The van der Waals surface area contributed by atoms with E-state index in [1.54, 1.807) is 0 Å². The average molecular weight is 375 g/mol. The van der Waals surface area contributed by atoms with Crippen LogP contribution in [0.2, 0.25) is 5.02 Å². The second-order valence-electron chi connectivity index (χ2n) is 6.49. The van der Waals surface area contributed by atoms with Gasteiger partial charge in [0.05, 0.1) is 5.52 Å². The van der Waals surface area contributed by atoms with E-state index in [0.717, 1.165) is 33.7 Å². The topological polar surface area (TPSA) is 49.8 Å². The lowest BCUT2D eigenvalue weighted by atomic mass is 10.2. The summed E-state index contributed by atoms with van der Waals surface area (Å²) in [6.45, 7) is 4.09. The number of aromatic nitrogens is 2. The first kappa shape index (κ1) is 17.3. The molecule has 0 saturated carbocycles. The van der Waals surface area contributed by atoms with E-state index in [-0.39, 0.29) is 0 Å². The number of rotatable bonds is 4. The van der Waals surface area contributed by atoms with E-state index in [2.05, 4.69) is 34.7 Å². The molecule has 4 aromatic rings. The lowest BCUT2D eigenvalue weighted by Gasteiger charge is -2.13. The van der Waals surface area contributed by atoms with Gasteiger partial charge < -0.3 is 10.6 Å². The molecule has 1 heterocycles. The fourth-order valence-electron chi connectivity index (χ4n) is 2.85. The number of aryl methyl sites for hydroxylation is 2. The Hall–Kier alpha value is -3.11. The summed E-state index contributed by atoms with van der Waals surface area (Å²) in [4.78, 5) is 9.36. The van der Waals surface area contributed by atoms with E-state index in [1.807, 2.05) is 61.5 Å². The van der Waals surface area contributed by atoms with E-state index in [4.69, 9.17) is 16.6 Å². The van der Waals surface area contributed by atoms with Crippen molar-refractivity contribution in [2.24, 2.45) is 0 Å². The van der Waals surface area contributed by atoms with E-state index < -0.39 is 0 Å². The highest BCUT2D eigenvalue weighted by atomic mass is 35.5. The number of fused-ring (bicyclic) bond motifs is 1. The van der Waals surface area contributed by atoms with E-state index in [1.165, 1.54) is 5.56 Å². The first-order valence-corrected chi connectivity index (χ1v) is 9.10. The summed E-state index contributed by atoms with van der Waals surface area (Å²) >= 11 is 6.14. The first-order chi connectivity index (χ1) is 13.1. The number of hydrogen-bond donors (Lipinski definition) is 2. The van der Waals surface area contributed by atoms with Crippen LogP contribution in [-0.2, 0) is 0 Å². The number of para-hydroxylation sites is 1. The van der Waals surface area contributed by atoms with Crippen molar-refractivity contribution in [2.45, 2.75) is 13.8 Å². The summed E-state index contributed by atoms with van der Waals surface area (Å²) in [6.07, 6.45) is 0. The second-order valence-corrected chi connectivity index (χ2v) is 6.92. The number of nitrogens with zero attached hydrogens (tertiary/aromatic N) is 2. The third-order valence-corrected chi connectivity index (χ3v) is 4.60. The van der Waals surface area contributed by atoms with Gasteiger partial charge in [0.2, 0.25) is 5.95 Å². The van der Waals surface area contributed by atoms with E-state index in [9.17, 15) is 0 Å². The maximum Gasteiger partial charge on any atom is 0.229 e. The summed E-state index contributed by atoms with van der Waals surface area (Å²) in [6, 6.07) is 21.9. The average Bonchev–Trinajstić information content (AvgIpc) is 2.66. The van der Waals surface area contributed by atoms with Crippen molar-refractivity contribution in [1.29, 1.82) is 0 Å². The molecule has 0 radical (unpaired) electrons. The summed E-state index contributed by atoms with van der Waals surface area (Å²) in [5, 5.41) is 8.34. The van der Waals surface area contributed by atoms with Crippen molar-refractivity contribution in [2.75, 3.05) is 10.6 Å². The Kier molecular flexibility index (Phi) is 4.65. The van der Waals surface area contributed by atoms with Crippen molar-refractivity contribution in [3.05, 3.63) is 82.9 Å². The van der Waals surface area contributed by atoms with Crippen LogP contribution in [0.15, 0.2) is 66.7 Å². The molecular formula is C22H19ClN4. The minimum atomic E-state index is 0.522. The molecule has 2 N–H and O–H groups in total. The molecule has 4 rings (SSSR count). The molecule has 0 saturated heterocycles. The highest BCUT2D eigenvalue weighted by Gasteiger charge is 2.09. The third-order valence-electron chi connectivity index (χ3n) is 4.36. The number of halogens is 1. The molecule has 0 aliphatic rings. The Labute approximate surface area is 163 Å². The van der Waals surface area contributed by atoms with Crippen molar-refractivity contribution in [3.8, 4) is 0 Å². The molecule has 0 fully saturated rings. The molecule has 0 spiro atoms. The van der Waals surface area contributed by atoms with Gasteiger partial charge in [-0.1, -0.05) is 47.5 Å². The summed E-state index contributed by atoms with van der Waals surface area (Å²) in [5.41, 5.74) is 5.02. The van der Waals surface area contributed by atoms with Gasteiger partial charge >= 0.3 is 0 Å². The minimum absolute atomic E-state index is 0.522. The van der Waals surface area contributed by atoms with Crippen molar-refractivity contribution in [3.63, 3.8) is 0 Å². The summed E-state index contributed by atoms with van der Waals surface area (Å²) in [7, 11) is 0. The minimum Gasteiger partial charge on any atom is -0.340 e. The molecule has 3 aromatic carbocycles. The summed E-state index contributed by atoms with van der Waals surface area (Å²) < 4.78 is 0. The zero-order chi connectivity index (χ0) is 18.8. The zero-order valence-corrected chi connectivity index (χ0v) is 15.9. The van der Waals surface area contributed by atoms with E-state index >= 15 is 0 Å².